The third-order valence-corrected chi connectivity index (χ3v) is 1.97. The summed E-state index contributed by atoms with van der Waals surface area (Å²) in [6, 6.07) is 0. The molecule has 2 atom stereocenters. The summed E-state index contributed by atoms with van der Waals surface area (Å²) in [5.74, 6) is -1.03. The van der Waals surface area contributed by atoms with Crippen molar-refractivity contribution in [3.8, 4) is 0 Å². The normalized spacial score (nSPS) is 28.8. The maximum Gasteiger partial charge on any atom is 0.333 e. The number of carbonyl (C=O) groups is 1. The number of ether oxygens (including phenoxy) is 1. The van der Waals surface area contributed by atoms with Gasteiger partial charge in [0.15, 0.2) is 0 Å². The van der Waals surface area contributed by atoms with Crippen molar-refractivity contribution in [2.45, 2.75) is 25.0 Å². The van der Waals surface area contributed by atoms with Crippen LogP contribution in [0.5, 0.6) is 0 Å². The molecule has 1 fully saturated rings. The highest BCUT2D eigenvalue weighted by Gasteiger charge is 2.29. The smallest absolute Gasteiger partial charge is 0.333 e. The highest BCUT2D eigenvalue weighted by molar-refractivity contribution is 5.87. The topological polar surface area (TPSA) is 66.8 Å². The third-order valence-electron chi connectivity index (χ3n) is 1.97. The zero-order valence-corrected chi connectivity index (χ0v) is 6.69. The summed E-state index contributed by atoms with van der Waals surface area (Å²) in [5, 5.41) is 17.3. The Morgan fingerprint density at radius 1 is 1.58 bits per heavy atom. The third kappa shape index (κ3) is 1.84. The molecule has 0 aromatic rings. The van der Waals surface area contributed by atoms with Gasteiger partial charge in [0.1, 0.15) is 0 Å². The molecule has 1 aliphatic rings. The second-order valence-electron chi connectivity index (χ2n) is 2.84. The Labute approximate surface area is 70.5 Å². The Morgan fingerprint density at radius 2 is 2.25 bits per heavy atom. The number of carboxylic acid groups (broad SMARTS) is 1. The molecule has 1 rings (SSSR count). The molecule has 1 aliphatic heterocycles. The molecule has 1 saturated heterocycles. The fourth-order valence-electron chi connectivity index (χ4n) is 1.23. The highest BCUT2D eigenvalue weighted by Crippen LogP contribution is 2.23. The van der Waals surface area contributed by atoms with Gasteiger partial charge in [0, 0.05) is 0 Å². The van der Waals surface area contributed by atoms with Crippen LogP contribution in [0.15, 0.2) is 12.2 Å². The van der Waals surface area contributed by atoms with E-state index in [1.54, 1.807) is 0 Å². The minimum atomic E-state index is -1.03. The molecule has 0 aliphatic carbocycles. The summed E-state index contributed by atoms with van der Waals surface area (Å²) in [7, 11) is 0. The van der Waals surface area contributed by atoms with E-state index in [0.29, 0.717) is 12.8 Å². The van der Waals surface area contributed by atoms with Gasteiger partial charge in [-0.15, -0.1) is 0 Å². The maximum absolute atomic E-state index is 10.4. The number of carboxylic acids is 1. The zero-order chi connectivity index (χ0) is 9.14. The molecule has 0 spiro atoms. The molecular weight excluding hydrogens is 160 g/mol. The lowest BCUT2D eigenvalue weighted by Crippen LogP contribution is -2.19. The van der Waals surface area contributed by atoms with Gasteiger partial charge in [0.25, 0.3) is 0 Å². The first-order chi connectivity index (χ1) is 5.65. The molecule has 0 saturated carbocycles. The van der Waals surface area contributed by atoms with E-state index in [2.05, 4.69) is 6.58 Å². The standard InChI is InChI=1S/C8H12O4/c1-5(8(10)11)7-3-2-6(4-9)12-7/h6-7,9H,1-4H2,(H,10,11). The molecule has 0 aromatic carbocycles. The van der Waals surface area contributed by atoms with Gasteiger partial charge >= 0.3 is 5.97 Å². The Kier molecular flexibility index (Phi) is 2.83. The lowest BCUT2D eigenvalue weighted by Gasteiger charge is -2.10. The molecule has 0 bridgehead atoms. The van der Waals surface area contributed by atoms with Crippen LogP contribution in [0.25, 0.3) is 0 Å². The second-order valence-corrected chi connectivity index (χ2v) is 2.84. The summed E-state index contributed by atoms with van der Waals surface area (Å²) in [4.78, 5) is 10.4. The number of hydrogen-bond donors (Lipinski definition) is 2. The van der Waals surface area contributed by atoms with E-state index in [4.69, 9.17) is 14.9 Å². The van der Waals surface area contributed by atoms with Gasteiger partial charge in [-0.3, -0.25) is 0 Å². The van der Waals surface area contributed by atoms with Gasteiger partial charge in [-0.25, -0.2) is 4.79 Å². The average molecular weight is 172 g/mol. The quantitative estimate of drug-likeness (QED) is 0.595. The van der Waals surface area contributed by atoms with Crippen LogP contribution in [-0.2, 0) is 9.53 Å². The number of aliphatic hydroxyl groups excluding tert-OH is 1. The lowest BCUT2D eigenvalue weighted by molar-refractivity contribution is -0.134. The lowest BCUT2D eigenvalue weighted by atomic mass is 10.1. The summed E-state index contributed by atoms with van der Waals surface area (Å²) < 4.78 is 5.20. The summed E-state index contributed by atoms with van der Waals surface area (Å²) >= 11 is 0. The maximum atomic E-state index is 10.4. The molecule has 0 radical (unpaired) electrons. The van der Waals surface area contributed by atoms with Crippen LogP contribution in [0.1, 0.15) is 12.8 Å². The van der Waals surface area contributed by atoms with Crippen molar-refractivity contribution in [3.05, 3.63) is 12.2 Å². The van der Waals surface area contributed by atoms with Crippen LogP contribution >= 0.6 is 0 Å². The SMILES string of the molecule is C=C(C(=O)O)C1CCC(CO)O1. The largest absolute Gasteiger partial charge is 0.478 e. The highest BCUT2D eigenvalue weighted by atomic mass is 16.5. The van der Waals surface area contributed by atoms with Crippen molar-refractivity contribution in [2.75, 3.05) is 6.61 Å². The Bertz CT molecular complexity index is 199. The van der Waals surface area contributed by atoms with Crippen LogP contribution in [0.3, 0.4) is 0 Å². The van der Waals surface area contributed by atoms with Crippen LogP contribution in [-0.4, -0.2) is 35.0 Å². The molecule has 2 N–H and O–H groups in total. The number of hydrogen-bond acceptors (Lipinski definition) is 3. The van der Waals surface area contributed by atoms with E-state index >= 15 is 0 Å². The van der Waals surface area contributed by atoms with Gasteiger partial charge in [-0.2, -0.15) is 0 Å². The molecule has 68 valence electrons. The van der Waals surface area contributed by atoms with E-state index in [1.165, 1.54) is 0 Å². The molecule has 4 heteroatoms. The summed E-state index contributed by atoms with van der Waals surface area (Å²) in [5.41, 5.74) is 0.0750. The van der Waals surface area contributed by atoms with E-state index in [9.17, 15) is 4.79 Å². The van der Waals surface area contributed by atoms with Crippen molar-refractivity contribution in [2.24, 2.45) is 0 Å². The summed E-state index contributed by atoms with van der Waals surface area (Å²) in [6.45, 7) is 3.35. The fourth-order valence-corrected chi connectivity index (χ4v) is 1.23. The van der Waals surface area contributed by atoms with Crippen molar-refractivity contribution in [3.63, 3.8) is 0 Å². The molecule has 4 nitrogen and oxygen atoms in total. The Morgan fingerprint density at radius 3 is 2.67 bits per heavy atom. The van der Waals surface area contributed by atoms with Gasteiger partial charge < -0.3 is 14.9 Å². The minimum Gasteiger partial charge on any atom is -0.478 e. The number of aliphatic hydroxyl groups is 1. The summed E-state index contributed by atoms with van der Waals surface area (Å²) in [6.07, 6.45) is 0.704. The predicted molar refractivity (Wildman–Crippen MR) is 41.8 cm³/mol. The van der Waals surface area contributed by atoms with Crippen molar-refractivity contribution in [1.82, 2.24) is 0 Å². The van der Waals surface area contributed by atoms with Gasteiger partial charge in [0.2, 0.25) is 0 Å². The first-order valence-corrected chi connectivity index (χ1v) is 3.83. The van der Waals surface area contributed by atoms with Crippen LogP contribution in [0.4, 0.5) is 0 Å². The Balaban J connectivity index is 2.46. The van der Waals surface area contributed by atoms with Crippen molar-refractivity contribution >= 4 is 5.97 Å². The van der Waals surface area contributed by atoms with E-state index in [0.717, 1.165) is 0 Å². The van der Waals surface area contributed by atoms with E-state index in [1.807, 2.05) is 0 Å². The first kappa shape index (κ1) is 9.22. The van der Waals surface area contributed by atoms with Crippen LogP contribution in [0, 0.1) is 0 Å². The first-order valence-electron chi connectivity index (χ1n) is 3.83. The molecule has 2 unspecified atom stereocenters. The predicted octanol–water partition coefficient (Wildman–Crippen LogP) is 0.167. The van der Waals surface area contributed by atoms with Gasteiger partial charge in [-0.05, 0) is 12.8 Å². The van der Waals surface area contributed by atoms with Crippen LogP contribution < -0.4 is 0 Å². The van der Waals surface area contributed by atoms with Gasteiger partial charge in [-0.1, -0.05) is 6.58 Å². The molecule has 12 heavy (non-hydrogen) atoms. The van der Waals surface area contributed by atoms with Crippen LogP contribution in [0.2, 0.25) is 0 Å². The van der Waals surface area contributed by atoms with Crippen molar-refractivity contribution < 1.29 is 19.7 Å². The average Bonchev–Trinajstić information content (AvgIpc) is 2.50. The zero-order valence-electron chi connectivity index (χ0n) is 6.69. The van der Waals surface area contributed by atoms with Gasteiger partial charge in [0.05, 0.1) is 24.4 Å². The molecule has 0 amide bonds. The van der Waals surface area contributed by atoms with E-state index < -0.39 is 12.1 Å². The molecule has 1 heterocycles. The number of rotatable bonds is 3. The minimum absolute atomic E-state index is 0.0522. The monoisotopic (exact) mass is 172 g/mol. The number of aliphatic carboxylic acids is 1. The fraction of sp³-hybridized carbons (Fsp3) is 0.625. The second kappa shape index (κ2) is 3.69. The molecule has 0 aromatic heterocycles. The molecular formula is C8H12O4. The van der Waals surface area contributed by atoms with E-state index in [-0.39, 0.29) is 18.3 Å². The van der Waals surface area contributed by atoms with Crippen molar-refractivity contribution in [1.29, 1.82) is 0 Å². The Hall–Kier alpha value is -0.870.